The maximum absolute atomic E-state index is 11.8. The van der Waals surface area contributed by atoms with Crippen molar-refractivity contribution in [3.63, 3.8) is 0 Å². The third-order valence-corrected chi connectivity index (χ3v) is 4.04. The fraction of sp³-hybridized carbons (Fsp3) is 0.556. The molecule has 1 fully saturated rings. The fourth-order valence-corrected chi connectivity index (χ4v) is 2.59. The Morgan fingerprint density at radius 1 is 1.21 bits per heavy atom. The monoisotopic (exact) mass is 333 g/mol. The zero-order valence-electron chi connectivity index (χ0n) is 14.3. The van der Waals surface area contributed by atoms with Crippen molar-refractivity contribution in [2.24, 2.45) is 0 Å². The highest BCUT2D eigenvalue weighted by Crippen LogP contribution is 2.13. The summed E-state index contributed by atoms with van der Waals surface area (Å²) in [5.74, 6) is 0.832. The fourth-order valence-electron chi connectivity index (χ4n) is 2.59. The molecule has 1 aliphatic heterocycles. The largest absolute Gasteiger partial charge is 0.494 e. The number of ketones is 1. The smallest absolute Gasteiger partial charge is 0.220 e. The van der Waals surface area contributed by atoms with Crippen LogP contribution in [-0.4, -0.2) is 62.5 Å². The number of hydrogen-bond donors (Lipinski definition) is 2. The molecule has 6 nitrogen and oxygen atoms in total. The number of amides is 1. The van der Waals surface area contributed by atoms with Crippen molar-refractivity contribution in [2.75, 3.05) is 45.9 Å². The van der Waals surface area contributed by atoms with E-state index in [1.165, 1.54) is 6.92 Å². The van der Waals surface area contributed by atoms with Crippen molar-refractivity contribution in [1.29, 1.82) is 0 Å². The van der Waals surface area contributed by atoms with Crippen LogP contribution in [0.25, 0.3) is 0 Å². The third-order valence-electron chi connectivity index (χ3n) is 4.04. The molecule has 1 heterocycles. The first kappa shape index (κ1) is 18.4. The molecule has 1 saturated heterocycles. The molecule has 1 amide bonds. The van der Waals surface area contributed by atoms with Gasteiger partial charge >= 0.3 is 0 Å². The predicted molar refractivity (Wildman–Crippen MR) is 93.5 cm³/mol. The molecular formula is C18H27N3O3. The Hall–Kier alpha value is -1.92. The number of carbonyl (C=O) groups excluding carboxylic acids is 2. The molecule has 0 aliphatic carbocycles. The van der Waals surface area contributed by atoms with Gasteiger partial charge in [0, 0.05) is 51.3 Å². The van der Waals surface area contributed by atoms with E-state index in [4.69, 9.17) is 4.74 Å². The van der Waals surface area contributed by atoms with Crippen molar-refractivity contribution < 1.29 is 14.3 Å². The van der Waals surface area contributed by atoms with Gasteiger partial charge < -0.3 is 15.4 Å². The molecule has 1 aliphatic rings. The summed E-state index contributed by atoms with van der Waals surface area (Å²) in [4.78, 5) is 25.3. The average molecular weight is 333 g/mol. The van der Waals surface area contributed by atoms with Gasteiger partial charge in [-0.05, 0) is 37.6 Å². The molecule has 2 N–H and O–H groups in total. The van der Waals surface area contributed by atoms with Gasteiger partial charge in [-0.15, -0.1) is 0 Å². The molecule has 0 unspecified atom stereocenters. The van der Waals surface area contributed by atoms with E-state index >= 15 is 0 Å². The zero-order chi connectivity index (χ0) is 17.2. The van der Waals surface area contributed by atoms with E-state index in [2.05, 4.69) is 15.5 Å². The minimum atomic E-state index is 0.0408. The van der Waals surface area contributed by atoms with Crippen LogP contribution in [0.3, 0.4) is 0 Å². The Labute approximate surface area is 143 Å². The van der Waals surface area contributed by atoms with Crippen LogP contribution < -0.4 is 15.4 Å². The first-order valence-corrected chi connectivity index (χ1v) is 8.59. The lowest BCUT2D eigenvalue weighted by atomic mass is 10.1. The zero-order valence-corrected chi connectivity index (χ0v) is 14.3. The molecule has 0 spiro atoms. The van der Waals surface area contributed by atoms with Crippen LogP contribution in [0.4, 0.5) is 0 Å². The van der Waals surface area contributed by atoms with Crippen LogP contribution in [0.1, 0.15) is 30.1 Å². The Morgan fingerprint density at radius 3 is 2.58 bits per heavy atom. The molecule has 132 valence electrons. The van der Waals surface area contributed by atoms with Gasteiger partial charge in [-0.3, -0.25) is 14.5 Å². The van der Waals surface area contributed by atoms with Crippen LogP contribution in [0.2, 0.25) is 0 Å². The standard InChI is InChI=1S/C18H27N3O3/c1-15(22)16-4-6-17(7-5-16)24-14-2-3-18(23)20-10-13-21-11-8-19-9-12-21/h4-7,19H,2-3,8-14H2,1H3,(H,20,23). The molecule has 2 rings (SSSR count). The van der Waals surface area contributed by atoms with E-state index in [0.717, 1.165) is 38.5 Å². The maximum Gasteiger partial charge on any atom is 0.220 e. The summed E-state index contributed by atoms with van der Waals surface area (Å²) in [6.45, 7) is 7.79. The van der Waals surface area contributed by atoms with E-state index in [0.29, 0.717) is 31.6 Å². The van der Waals surface area contributed by atoms with E-state index < -0.39 is 0 Å². The van der Waals surface area contributed by atoms with Gasteiger partial charge in [-0.25, -0.2) is 0 Å². The van der Waals surface area contributed by atoms with Crippen molar-refractivity contribution >= 4 is 11.7 Å². The summed E-state index contributed by atoms with van der Waals surface area (Å²) in [6.07, 6.45) is 1.14. The summed E-state index contributed by atoms with van der Waals surface area (Å²) in [5, 5.41) is 6.27. The Balaban J connectivity index is 1.53. The van der Waals surface area contributed by atoms with Gasteiger partial charge in [0.2, 0.25) is 5.91 Å². The second-order valence-electron chi connectivity index (χ2n) is 5.97. The molecule has 24 heavy (non-hydrogen) atoms. The van der Waals surface area contributed by atoms with Crippen molar-refractivity contribution in [3.05, 3.63) is 29.8 Å². The Morgan fingerprint density at radius 2 is 1.92 bits per heavy atom. The highest BCUT2D eigenvalue weighted by atomic mass is 16.5. The first-order valence-electron chi connectivity index (χ1n) is 8.59. The summed E-state index contributed by atoms with van der Waals surface area (Å²) in [5.41, 5.74) is 0.672. The van der Waals surface area contributed by atoms with Gasteiger partial charge in [0.1, 0.15) is 5.75 Å². The number of Topliss-reactive ketones (excluding diaryl/α,β-unsaturated/α-hetero) is 1. The molecule has 1 aromatic rings. The van der Waals surface area contributed by atoms with Crippen LogP contribution in [0.5, 0.6) is 5.75 Å². The first-order chi connectivity index (χ1) is 11.6. The molecular weight excluding hydrogens is 306 g/mol. The quantitative estimate of drug-likeness (QED) is 0.522. The predicted octanol–water partition coefficient (Wildman–Crippen LogP) is 1.07. The summed E-state index contributed by atoms with van der Waals surface area (Å²) >= 11 is 0. The summed E-state index contributed by atoms with van der Waals surface area (Å²) in [6, 6.07) is 7.07. The molecule has 0 bridgehead atoms. The molecule has 0 saturated carbocycles. The van der Waals surface area contributed by atoms with Crippen molar-refractivity contribution in [1.82, 2.24) is 15.5 Å². The SMILES string of the molecule is CC(=O)c1ccc(OCCCC(=O)NCCN2CCNCC2)cc1. The molecule has 1 aromatic carbocycles. The van der Waals surface area contributed by atoms with Gasteiger partial charge in [0.15, 0.2) is 5.78 Å². The average Bonchev–Trinajstić information content (AvgIpc) is 2.60. The number of rotatable bonds is 9. The van der Waals surface area contributed by atoms with Crippen LogP contribution in [0, 0.1) is 0 Å². The van der Waals surface area contributed by atoms with Crippen molar-refractivity contribution in [3.8, 4) is 5.75 Å². The Kier molecular flexibility index (Phi) is 7.71. The summed E-state index contributed by atoms with van der Waals surface area (Å²) in [7, 11) is 0. The van der Waals surface area contributed by atoms with E-state index in [1.807, 2.05) is 0 Å². The second kappa shape index (κ2) is 10.1. The minimum Gasteiger partial charge on any atom is -0.494 e. The number of ether oxygens (including phenoxy) is 1. The normalized spacial score (nSPS) is 15.0. The number of nitrogens with zero attached hydrogens (tertiary/aromatic N) is 1. The molecule has 6 heteroatoms. The summed E-state index contributed by atoms with van der Waals surface area (Å²) < 4.78 is 5.58. The lowest BCUT2D eigenvalue weighted by Gasteiger charge is -2.27. The third kappa shape index (κ3) is 6.68. The maximum atomic E-state index is 11.8. The van der Waals surface area contributed by atoms with Gasteiger partial charge in [0.25, 0.3) is 0 Å². The van der Waals surface area contributed by atoms with Gasteiger partial charge in [0.05, 0.1) is 6.61 Å². The van der Waals surface area contributed by atoms with E-state index in [9.17, 15) is 9.59 Å². The molecule has 0 aromatic heterocycles. The highest BCUT2D eigenvalue weighted by Gasteiger charge is 2.09. The van der Waals surface area contributed by atoms with Gasteiger partial charge in [-0.1, -0.05) is 0 Å². The number of piperazine rings is 1. The van der Waals surface area contributed by atoms with E-state index in [-0.39, 0.29) is 11.7 Å². The number of hydrogen-bond acceptors (Lipinski definition) is 5. The van der Waals surface area contributed by atoms with Crippen LogP contribution in [0.15, 0.2) is 24.3 Å². The van der Waals surface area contributed by atoms with Gasteiger partial charge in [-0.2, -0.15) is 0 Å². The van der Waals surface area contributed by atoms with Crippen LogP contribution >= 0.6 is 0 Å². The second-order valence-corrected chi connectivity index (χ2v) is 5.97. The molecule has 0 radical (unpaired) electrons. The number of nitrogens with one attached hydrogen (secondary N) is 2. The van der Waals surface area contributed by atoms with Crippen LogP contribution in [-0.2, 0) is 4.79 Å². The van der Waals surface area contributed by atoms with E-state index in [1.54, 1.807) is 24.3 Å². The highest BCUT2D eigenvalue weighted by molar-refractivity contribution is 5.94. The lowest BCUT2D eigenvalue weighted by molar-refractivity contribution is -0.121. The number of benzene rings is 1. The molecule has 0 atom stereocenters. The Bertz CT molecular complexity index is 525. The number of carbonyl (C=O) groups is 2. The van der Waals surface area contributed by atoms with Crippen molar-refractivity contribution in [2.45, 2.75) is 19.8 Å². The topological polar surface area (TPSA) is 70.7 Å². The lowest BCUT2D eigenvalue weighted by Crippen LogP contribution is -2.46. The minimum absolute atomic E-state index is 0.0408.